The maximum Gasteiger partial charge on any atom is 0.240 e. The number of carbonyl (C=O) groups is 2. The van der Waals surface area contributed by atoms with E-state index in [0.717, 1.165) is 11.3 Å². The number of carbonyl (C=O) groups excluding carboxylic acids is 2. The van der Waals surface area contributed by atoms with Gasteiger partial charge in [0.05, 0.1) is 12.5 Å². The van der Waals surface area contributed by atoms with Gasteiger partial charge < -0.3 is 16.0 Å². The molecular weight excluding hydrogens is 218 g/mol. The number of nitrogens with one attached hydrogen (secondary N) is 1. The Labute approximate surface area is 99.6 Å². The number of hydrogen-bond acceptors (Lipinski definition) is 3. The second kappa shape index (κ2) is 4.55. The van der Waals surface area contributed by atoms with Crippen molar-refractivity contribution in [2.45, 2.75) is 5.92 Å². The smallest absolute Gasteiger partial charge is 0.240 e. The number of nitrogens with zero attached hydrogens (tertiary/aromatic N) is 1. The second-order valence-electron chi connectivity index (χ2n) is 4.05. The van der Waals surface area contributed by atoms with Crippen LogP contribution in [0.4, 0.5) is 5.69 Å². The highest BCUT2D eigenvalue weighted by atomic mass is 16.2. The molecule has 0 radical (unpaired) electrons. The van der Waals surface area contributed by atoms with Crippen molar-refractivity contribution in [2.75, 3.05) is 25.0 Å². The molecule has 1 aliphatic rings. The Kier molecular flexibility index (Phi) is 3.10. The predicted octanol–water partition coefficient (Wildman–Crippen LogP) is -0.179. The highest BCUT2D eigenvalue weighted by Crippen LogP contribution is 2.35. The topological polar surface area (TPSA) is 75.4 Å². The molecule has 1 aromatic carbocycles. The first-order valence-corrected chi connectivity index (χ1v) is 5.48. The van der Waals surface area contributed by atoms with Gasteiger partial charge in [0.1, 0.15) is 0 Å². The van der Waals surface area contributed by atoms with E-state index >= 15 is 0 Å². The van der Waals surface area contributed by atoms with Crippen molar-refractivity contribution in [3.8, 4) is 0 Å². The third-order valence-electron chi connectivity index (χ3n) is 2.94. The first-order chi connectivity index (χ1) is 8.15. The van der Waals surface area contributed by atoms with Crippen molar-refractivity contribution < 1.29 is 9.59 Å². The van der Waals surface area contributed by atoms with Gasteiger partial charge in [-0.1, -0.05) is 18.2 Å². The SMILES string of the molecule is CNCC(=O)N1C[C@@H](C(N)=O)c2ccccc21. The molecule has 0 aromatic heterocycles. The summed E-state index contributed by atoms with van der Waals surface area (Å²) in [6, 6.07) is 7.38. The van der Waals surface area contributed by atoms with Gasteiger partial charge in [0, 0.05) is 12.2 Å². The standard InChI is InChI=1S/C12H15N3O2/c1-14-6-11(16)15-7-9(12(13)17)8-4-2-3-5-10(8)15/h2-5,9,14H,6-7H2,1H3,(H2,13,17)/t9-/m1/s1. The lowest BCUT2D eigenvalue weighted by Gasteiger charge is -2.17. The Morgan fingerprint density at radius 3 is 2.82 bits per heavy atom. The molecule has 2 rings (SSSR count). The summed E-state index contributed by atoms with van der Waals surface area (Å²) in [5.41, 5.74) is 6.98. The van der Waals surface area contributed by atoms with Crippen molar-refractivity contribution in [3.05, 3.63) is 29.8 Å². The molecule has 0 spiro atoms. The lowest BCUT2D eigenvalue weighted by molar-refractivity contribution is -0.119. The van der Waals surface area contributed by atoms with Gasteiger partial charge >= 0.3 is 0 Å². The molecule has 0 saturated heterocycles. The van der Waals surface area contributed by atoms with Crippen molar-refractivity contribution in [1.29, 1.82) is 0 Å². The molecule has 1 atom stereocenters. The van der Waals surface area contributed by atoms with Gasteiger partial charge in [-0.25, -0.2) is 0 Å². The molecule has 0 fully saturated rings. The van der Waals surface area contributed by atoms with Crippen LogP contribution in [0.5, 0.6) is 0 Å². The second-order valence-corrected chi connectivity index (χ2v) is 4.05. The molecule has 2 amide bonds. The molecular formula is C12H15N3O2. The van der Waals surface area contributed by atoms with Crippen LogP contribution < -0.4 is 16.0 Å². The zero-order chi connectivity index (χ0) is 12.4. The zero-order valence-electron chi connectivity index (χ0n) is 9.64. The average molecular weight is 233 g/mol. The molecule has 5 heteroatoms. The van der Waals surface area contributed by atoms with Crippen LogP contribution in [0.15, 0.2) is 24.3 Å². The van der Waals surface area contributed by atoms with Crippen LogP contribution in [0.25, 0.3) is 0 Å². The Morgan fingerprint density at radius 2 is 2.18 bits per heavy atom. The van der Waals surface area contributed by atoms with Crippen LogP contribution >= 0.6 is 0 Å². The molecule has 1 aliphatic heterocycles. The van der Waals surface area contributed by atoms with E-state index in [1.807, 2.05) is 24.3 Å². The van der Waals surface area contributed by atoms with E-state index < -0.39 is 11.8 Å². The minimum absolute atomic E-state index is 0.0521. The number of amides is 2. The minimum atomic E-state index is -0.396. The first kappa shape index (κ1) is 11.6. The molecule has 90 valence electrons. The van der Waals surface area contributed by atoms with E-state index in [1.165, 1.54) is 0 Å². The Morgan fingerprint density at radius 1 is 1.47 bits per heavy atom. The van der Waals surface area contributed by atoms with E-state index in [-0.39, 0.29) is 12.5 Å². The molecule has 0 unspecified atom stereocenters. The molecule has 3 N–H and O–H groups in total. The van der Waals surface area contributed by atoms with E-state index in [2.05, 4.69) is 5.32 Å². The fourth-order valence-corrected chi connectivity index (χ4v) is 2.13. The number of hydrogen-bond donors (Lipinski definition) is 2. The van der Waals surface area contributed by atoms with Crippen molar-refractivity contribution in [3.63, 3.8) is 0 Å². The summed E-state index contributed by atoms with van der Waals surface area (Å²) >= 11 is 0. The molecule has 17 heavy (non-hydrogen) atoms. The highest BCUT2D eigenvalue weighted by molar-refractivity contribution is 6.00. The number of fused-ring (bicyclic) bond motifs is 1. The maximum atomic E-state index is 11.9. The average Bonchev–Trinajstić information content (AvgIpc) is 2.69. The monoisotopic (exact) mass is 233 g/mol. The number of nitrogens with two attached hydrogens (primary N) is 1. The quantitative estimate of drug-likeness (QED) is 0.760. The largest absolute Gasteiger partial charge is 0.369 e. The summed E-state index contributed by atoms with van der Waals surface area (Å²) in [5, 5.41) is 2.81. The van der Waals surface area contributed by atoms with Crippen molar-refractivity contribution >= 4 is 17.5 Å². The highest BCUT2D eigenvalue weighted by Gasteiger charge is 2.34. The molecule has 0 aliphatic carbocycles. The Balaban J connectivity index is 2.34. The van der Waals surface area contributed by atoms with Crippen molar-refractivity contribution in [1.82, 2.24) is 5.32 Å². The number of primary amides is 1. The fraction of sp³-hybridized carbons (Fsp3) is 0.333. The molecule has 1 aromatic rings. The summed E-state index contributed by atoms with van der Waals surface area (Å²) in [6.45, 7) is 0.592. The third-order valence-corrected chi connectivity index (χ3v) is 2.94. The van der Waals surface area contributed by atoms with E-state index in [0.29, 0.717) is 6.54 Å². The van der Waals surface area contributed by atoms with E-state index in [1.54, 1.807) is 11.9 Å². The van der Waals surface area contributed by atoms with Crippen LogP contribution in [0, 0.1) is 0 Å². The van der Waals surface area contributed by atoms with Crippen LogP contribution in [0.3, 0.4) is 0 Å². The minimum Gasteiger partial charge on any atom is -0.369 e. The third kappa shape index (κ3) is 2.01. The Hall–Kier alpha value is -1.88. The fourth-order valence-electron chi connectivity index (χ4n) is 2.13. The van der Waals surface area contributed by atoms with Crippen LogP contribution in [-0.2, 0) is 9.59 Å². The van der Waals surface area contributed by atoms with Gasteiger partial charge in [0.2, 0.25) is 11.8 Å². The van der Waals surface area contributed by atoms with Crippen molar-refractivity contribution in [2.24, 2.45) is 5.73 Å². The molecule has 1 heterocycles. The maximum absolute atomic E-state index is 11.9. The summed E-state index contributed by atoms with van der Waals surface area (Å²) in [5.74, 6) is -0.840. The summed E-state index contributed by atoms with van der Waals surface area (Å²) in [7, 11) is 1.71. The molecule has 0 saturated carbocycles. The number of benzene rings is 1. The summed E-state index contributed by atoms with van der Waals surface area (Å²) in [4.78, 5) is 24.9. The van der Waals surface area contributed by atoms with Crippen LogP contribution in [0.1, 0.15) is 11.5 Å². The lowest BCUT2D eigenvalue weighted by Crippen LogP contribution is -2.37. The van der Waals surface area contributed by atoms with Gasteiger partial charge in [-0.05, 0) is 18.7 Å². The Bertz CT molecular complexity index is 459. The van der Waals surface area contributed by atoms with E-state index in [4.69, 9.17) is 5.73 Å². The van der Waals surface area contributed by atoms with Crippen LogP contribution in [-0.4, -0.2) is 32.0 Å². The summed E-state index contributed by atoms with van der Waals surface area (Å²) < 4.78 is 0. The number of anilines is 1. The normalized spacial score (nSPS) is 17.9. The summed E-state index contributed by atoms with van der Waals surface area (Å²) in [6.07, 6.45) is 0. The van der Waals surface area contributed by atoms with Crippen LogP contribution in [0.2, 0.25) is 0 Å². The zero-order valence-corrected chi connectivity index (χ0v) is 9.64. The first-order valence-electron chi connectivity index (χ1n) is 5.48. The van der Waals surface area contributed by atoms with Gasteiger partial charge in [-0.2, -0.15) is 0 Å². The van der Waals surface area contributed by atoms with Gasteiger partial charge in [-0.3, -0.25) is 9.59 Å². The number of para-hydroxylation sites is 1. The van der Waals surface area contributed by atoms with Gasteiger partial charge in [-0.15, -0.1) is 0 Å². The number of likely N-dealkylation sites (N-methyl/N-ethyl adjacent to an activating group) is 1. The van der Waals surface area contributed by atoms with Gasteiger partial charge in [0.25, 0.3) is 0 Å². The molecule has 0 bridgehead atoms. The van der Waals surface area contributed by atoms with E-state index in [9.17, 15) is 9.59 Å². The lowest BCUT2D eigenvalue weighted by atomic mass is 10.0. The molecule has 5 nitrogen and oxygen atoms in total. The van der Waals surface area contributed by atoms with Gasteiger partial charge in [0.15, 0.2) is 0 Å². The number of rotatable bonds is 3. The predicted molar refractivity (Wildman–Crippen MR) is 64.7 cm³/mol.